The molecule has 1 aromatic rings. The highest BCUT2D eigenvalue weighted by atomic mass is 16.1. The van der Waals surface area contributed by atoms with Gasteiger partial charge in [-0.25, -0.2) is 0 Å². The summed E-state index contributed by atoms with van der Waals surface area (Å²) in [5.74, 6) is -0.330. The van der Waals surface area contributed by atoms with E-state index >= 15 is 0 Å². The van der Waals surface area contributed by atoms with E-state index < -0.39 is 0 Å². The summed E-state index contributed by atoms with van der Waals surface area (Å²) in [5, 5.41) is 0. The Balaban J connectivity index is 3.10. The van der Waals surface area contributed by atoms with Crippen molar-refractivity contribution >= 4 is 5.91 Å². The SMILES string of the molecule is CCCc1cc(C)ccc1C(N)=O. The number of carbonyl (C=O) groups excluding carboxylic acids is 1. The number of nitrogens with two attached hydrogens (primary N) is 1. The van der Waals surface area contributed by atoms with Crippen LogP contribution in [0.25, 0.3) is 0 Å². The van der Waals surface area contributed by atoms with Crippen molar-refractivity contribution in [3.63, 3.8) is 0 Å². The van der Waals surface area contributed by atoms with E-state index in [9.17, 15) is 4.79 Å². The van der Waals surface area contributed by atoms with Crippen LogP contribution in [0.3, 0.4) is 0 Å². The third-order valence-electron chi connectivity index (χ3n) is 2.05. The molecule has 0 bridgehead atoms. The number of hydrogen-bond donors (Lipinski definition) is 1. The van der Waals surface area contributed by atoms with Crippen LogP contribution < -0.4 is 5.73 Å². The second-order valence-corrected chi connectivity index (χ2v) is 3.27. The van der Waals surface area contributed by atoms with Crippen molar-refractivity contribution in [1.82, 2.24) is 0 Å². The van der Waals surface area contributed by atoms with E-state index in [0.29, 0.717) is 5.56 Å². The van der Waals surface area contributed by atoms with Gasteiger partial charge in [0.1, 0.15) is 0 Å². The van der Waals surface area contributed by atoms with E-state index in [2.05, 4.69) is 6.92 Å². The Kier molecular flexibility index (Phi) is 3.07. The fraction of sp³-hybridized carbons (Fsp3) is 0.364. The average molecular weight is 177 g/mol. The third-order valence-corrected chi connectivity index (χ3v) is 2.05. The van der Waals surface area contributed by atoms with Crippen molar-refractivity contribution in [2.45, 2.75) is 26.7 Å². The van der Waals surface area contributed by atoms with Crippen LogP contribution in [0.4, 0.5) is 0 Å². The van der Waals surface area contributed by atoms with E-state index in [0.717, 1.165) is 18.4 Å². The molecular formula is C11H15NO. The molecule has 0 aliphatic heterocycles. The maximum Gasteiger partial charge on any atom is 0.248 e. The molecule has 0 aliphatic rings. The quantitative estimate of drug-likeness (QED) is 0.754. The van der Waals surface area contributed by atoms with E-state index in [1.54, 1.807) is 0 Å². The average Bonchev–Trinajstić information content (AvgIpc) is 2.04. The van der Waals surface area contributed by atoms with Crippen LogP contribution in [-0.4, -0.2) is 5.91 Å². The zero-order valence-corrected chi connectivity index (χ0v) is 8.13. The Bertz CT molecular complexity index is 318. The second kappa shape index (κ2) is 4.08. The van der Waals surface area contributed by atoms with Crippen molar-refractivity contribution in [2.24, 2.45) is 5.73 Å². The molecule has 0 radical (unpaired) electrons. The fourth-order valence-corrected chi connectivity index (χ4v) is 1.44. The van der Waals surface area contributed by atoms with Crippen molar-refractivity contribution in [1.29, 1.82) is 0 Å². The first-order valence-corrected chi connectivity index (χ1v) is 4.54. The predicted molar refractivity (Wildman–Crippen MR) is 53.7 cm³/mol. The lowest BCUT2D eigenvalue weighted by atomic mass is 10.0. The minimum atomic E-state index is -0.330. The zero-order valence-electron chi connectivity index (χ0n) is 8.13. The van der Waals surface area contributed by atoms with Crippen LogP contribution in [-0.2, 0) is 6.42 Å². The Morgan fingerprint density at radius 2 is 2.15 bits per heavy atom. The highest BCUT2D eigenvalue weighted by molar-refractivity contribution is 5.94. The molecule has 1 amide bonds. The van der Waals surface area contributed by atoms with Crippen molar-refractivity contribution in [3.05, 3.63) is 34.9 Å². The standard InChI is InChI=1S/C11H15NO/c1-3-4-9-7-8(2)5-6-10(9)11(12)13/h5-7H,3-4H2,1-2H3,(H2,12,13). The molecule has 0 saturated carbocycles. The largest absolute Gasteiger partial charge is 0.366 e. The predicted octanol–water partition coefficient (Wildman–Crippen LogP) is 2.05. The molecule has 0 heterocycles. The smallest absolute Gasteiger partial charge is 0.248 e. The van der Waals surface area contributed by atoms with Gasteiger partial charge in [-0.1, -0.05) is 31.0 Å². The number of carbonyl (C=O) groups is 1. The van der Waals surface area contributed by atoms with Gasteiger partial charge in [0.2, 0.25) is 5.91 Å². The number of primary amides is 1. The lowest BCUT2D eigenvalue weighted by Gasteiger charge is -2.05. The summed E-state index contributed by atoms with van der Waals surface area (Å²) in [4.78, 5) is 11.0. The van der Waals surface area contributed by atoms with Gasteiger partial charge in [0.25, 0.3) is 0 Å². The third kappa shape index (κ3) is 2.31. The first kappa shape index (κ1) is 9.78. The maximum absolute atomic E-state index is 11.0. The molecule has 2 nitrogen and oxygen atoms in total. The van der Waals surface area contributed by atoms with Crippen molar-refractivity contribution in [2.75, 3.05) is 0 Å². The molecule has 2 N–H and O–H groups in total. The molecular weight excluding hydrogens is 162 g/mol. The molecule has 0 fully saturated rings. The van der Waals surface area contributed by atoms with E-state index in [-0.39, 0.29) is 5.91 Å². The second-order valence-electron chi connectivity index (χ2n) is 3.27. The minimum Gasteiger partial charge on any atom is -0.366 e. The summed E-state index contributed by atoms with van der Waals surface area (Å²) in [5.41, 5.74) is 8.15. The summed E-state index contributed by atoms with van der Waals surface area (Å²) < 4.78 is 0. The molecule has 0 atom stereocenters. The van der Waals surface area contributed by atoms with Crippen LogP contribution in [0.2, 0.25) is 0 Å². The molecule has 0 saturated heterocycles. The molecule has 0 spiro atoms. The number of hydrogen-bond acceptors (Lipinski definition) is 1. The Hall–Kier alpha value is -1.31. The number of amides is 1. The molecule has 13 heavy (non-hydrogen) atoms. The highest BCUT2D eigenvalue weighted by Crippen LogP contribution is 2.13. The Labute approximate surface area is 78.8 Å². The van der Waals surface area contributed by atoms with Gasteiger partial charge < -0.3 is 5.73 Å². The lowest BCUT2D eigenvalue weighted by Crippen LogP contribution is -2.13. The summed E-state index contributed by atoms with van der Waals surface area (Å²) in [6, 6.07) is 5.76. The lowest BCUT2D eigenvalue weighted by molar-refractivity contribution is 0.0999. The summed E-state index contributed by atoms with van der Waals surface area (Å²) in [7, 11) is 0. The van der Waals surface area contributed by atoms with Gasteiger partial charge in [-0.3, -0.25) is 4.79 Å². The molecule has 1 rings (SSSR count). The number of benzene rings is 1. The minimum absolute atomic E-state index is 0.330. The zero-order chi connectivity index (χ0) is 9.84. The van der Waals surface area contributed by atoms with Gasteiger partial charge in [-0.05, 0) is 25.0 Å². The number of rotatable bonds is 3. The monoisotopic (exact) mass is 177 g/mol. The molecule has 70 valence electrons. The van der Waals surface area contributed by atoms with Gasteiger partial charge in [0.15, 0.2) is 0 Å². The van der Waals surface area contributed by atoms with Gasteiger partial charge >= 0.3 is 0 Å². The topological polar surface area (TPSA) is 43.1 Å². The summed E-state index contributed by atoms with van der Waals surface area (Å²) in [6.07, 6.45) is 1.95. The Morgan fingerprint density at radius 1 is 1.46 bits per heavy atom. The van der Waals surface area contributed by atoms with Crippen LogP contribution in [0.5, 0.6) is 0 Å². The summed E-state index contributed by atoms with van der Waals surface area (Å²) in [6.45, 7) is 4.11. The van der Waals surface area contributed by atoms with Crippen LogP contribution in [0.1, 0.15) is 34.8 Å². The molecule has 0 aromatic heterocycles. The molecule has 1 aromatic carbocycles. The van der Waals surface area contributed by atoms with Gasteiger partial charge in [0, 0.05) is 5.56 Å². The van der Waals surface area contributed by atoms with Gasteiger partial charge in [-0.2, -0.15) is 0 Å². The van der Waals surface area contributed by atoms with Gasteiger partial charge in [-0.15, -0.1) is 0 Å². The van der Waals surface area contributed by atoms with E-state index in [4.69, 9.17) is 5.73 Å². The highest BCUT2D eigenvalue weighted by Gasteiger charge is 2.06. The molecule has 0 aliphatic carbocycles. The van der Waals surface area contributed by atoms with Crippen LogP contribution in [0.15, 0.2) is 18.2 Å². The Morgan fingerprint density at radius 3 is 2.69 bits per heavy atom. The number of aryl methyl sites for hydroxylation is 2. The summed E-state index contributed by atoms with van der Waals surface area (Å²) >= 11 is 0. The molecule has 2 heteroatoms. The van der Waals surface area contributed by atoms with E-state index in [1.165, 1.54) is 5.56 Å². The molecule has 0 unspecified atom stereocenters. The first-order valence-electron chi connectivity index (χ1n) is 4.54. The fourth-order valence-electron chi connectivity index (χ4n) is 1.44. The maximum atomic E-state index is 11.0. The van der Waals surface area contributed by atoms with Crippen molar-refractivity contribution < 1.29 is 4.79 Å². The van der Waals surface area contributed by atoms with E-state index in [1.807, 2.05) is 25.1 Å². The van der Waals surface area contributed by atoms with Gasteiger partial charge in [0.05, 0.1) is 0 Å². The first-order chi connectivity index (χ1) is 6.15. The van der Waals surface area contributed by atoms with Crippen LogP contribution in [0, 0.1) is 6.92 Å². The normalized spacial score (nSPS) is 10.0. The van der Waals surface area contributed by atoms with Crippen molar-refractivity contribution in [3.8, 4) is 0 Å². The van der Waals surface area contributed by atoms with Crippen LogP contribution >= 0.6 is 0 Å².